The van der Waals surface area contributed by atoms with E-state index in [0.717, 1.165) is 0 Å². The molecule has 1 nitrogen and oxygen atoms in total. The molecule has 0 saturated heterocycles. The van der Waals surface area contributed by atoms with Gasteiger partial charge in [0.2, 0.25) is 0 Å². The second-order valence-corrected chi connectivity index (χ2v) is 8.67. The monoisotopic (exact) mass is 374 g/mol. The first-order valence-electron chi connectivity index (χ1n) is 12.4. The predicted molar refractivity (Wildman–Crippen MR) is 122 cm³/mol. The molecule has 1 aliphatic rings. The van der Waals surface area contributed by atoms with Gasteiger partial charge < -0.3 is 0 Å². The molecule has 0 atom stereocenters. The Kier molecular flexibility index (Phi) is 16.8. The van der Waals surface area contributed by atoms with E-state index in [-0.39, 0.29) is 0 Å². The van der Waals surface area contributed by atoms with Crippen molar-refractivity contribution in [2.24, 2.45) is 0 Å². The molecule has 0 saturated carbocycles. The van der Waals surface area contributed by atoms with Gasteiger partial charge in [-0.15, -0.1) is 0 Å². The van der Waals surface area contributed by atoms with Gasteiger partial charge in [0.1, 0.15) is 0 Å². The van der Waals surface area contributed by atoms with Crippen LogP contribution in [0.1, 0.15) is 142 Å². The van der Waals surface area contributed by atoms with Gasteiger partial charge in [-0.05, 0) is 31.4 Å². The van der Waals surface area contributed by atoms with Crippen molar-refractivity contribution in [3.63, 3.8) is 0 Å². The van der Waals surface area contributed by atoms with Crippen molar-refractivity contribution in [2.75, 3.05) is 0 Å². The van der Waals surface area contributed by atoms with Crippen molar-refractivity contribution >= 4 is 0 Å². The largest absolute Gasteiger partial charge is 0.261 e. The lowest BCUT2D eigenvalue weighted by Gasteiger charge is -2.04. The molecule has 0 aromatic carbocycles. The molecule has 0 bridgehead atoms. The van der Waals surface area contributed by atoms with E-state index in [2.05, 4.69) is 25.2 Å². The maximum Gasteiger partial charge on any atom is 0.0405 e. The number of allylic oxidation sites excluding steroid dienone is 3. The molecule has 0 aromatic rings. The molecule has 1 aliphatic heterocycles. The lowest BCUT2D eigenvalue weighted by molar-refractivity contribution is 0.523. The Morgan fingerprint density at radius 3 is 1.26 bits per heavy atom. The van der Waals surface area contributed by atoms with E-state index in [1.807, 2.05) is 6.20 Å². The molecule has 27 heavy (non-hydrogen) atoms. The van der Waals surface area contributed by atoms with Gasteiger partial charge in [0, 0.05) is 11.9 Å². The summed E-state index contributed by atoms with van der Waals surface area (Å²) >= 11 is 0. The van der Waals surface area contributed by atoms with Crippen molar-refractivity contribution in [1.82, 2.24) is 5.32 Å². The summed E-state index contributed by atoms with van der Waals surface area (Å²) in [5.74, 6) is 0. The number of rotatable bonds is 20. The van der Waals surface area contributed by atoms with Crippen LogP contribution in [0.2, 0.25) is 0 Å². The molecule has 1 radical (unpaired) electrons. The number of nitrogens with zero attached hydrogens (tertiary/aromatic N) is 1. The summed E-state index contributed by atoms with van der Waals surface area (Å²) in [6.07, 6.45) is 32.9. The fourth-order valence-corrected chi connectivity index (χ4v) is 4.10. The molecule has 1 heteroatoms. The average molecular weight is 375 g/mol. The summed E-state index contributed by atoms with van der Waals surface area (Å²) in [7, 11) is 0. The topological polar surface area (TPSA) is 14.1 Å². The van der Waals surface area contributed by atoms with Crippen molar-refractivity contribution < 1.29 is 0 Å². The summed E-state index contributed by atoms with van der Waals surface area (Å²) in [6, 6.07) is 0. The molecular formula is C26H48N. The Labute approximate surface area is 171 Å². The fourth-order valence-electron chi connectivity index (χ4n) is 4.10. The Bertz CT molecular complexity index is 380. The van der Waals surface area contributed by atoms with Crippen LogP contribution in [0.3, 0.4) is 0 Å². The minimum Gasteiger partial charge on any atom is -0.261 e. The molecule has 1 heterocycles. The third kappa shape index (κ3) is 14.9. The molecule has 157 valence electrons. The summed E-state index contributed by atoms with van der Waals surface area (Å²) in [4.78, 5) is 0. The third-order valence-corrected chi connectivity index (χ3v) is 6.06. The Hall–Kier alpha value is -0.720. The smallest absolute Gasteiger partial charge is 0.0405 e. The zero-order valence-corrected chi connectivity index (χ0v) is 18.7. The van der Waals surface area contributed by atoms with Crippen molar-refractivity contribution in [1.29, 1.82) is 0 Å². The number of hydrogen-bond donors (Lipinski definition) is 0. The first kappa shape index (κ1) is 24.3. The molecule has 0 fully saturated rings. The van der Waals surface area contributed by atoms with Gasteiger partial charge in [0.15, 0.2) is 0 Å². The van der Waals surface area contributed by atoms with Gasteiger partial charge in [0.25, 0.3) is 0 Å². The van der Waals surface area contributed by atoms with E-state index in [4.69, 9.17) is 0 Å². The molecule has 1 rings (SSSR count). The molecule has 0 N–H and O–H groups in total. The zero-order valence-electron chi connectivity index (χ0n) is 18.7. The normalized spacial score (nSPS) is 13.6. The van der Waals surface area contributed by atoms with Crippen LogP contribution in [0.5, 0.6) is 0 Å². The lowest BCUT2D eigenvalue weighted by Crippen LogP contribution is -1.89. The fraction of sp³-hybridized carbons (Fsp3) is 0.846. The van der Waals surface area contributed by atoms with Crippen molar-refractivity contribution in [2.45, 2.75) is 142 Å². The minimum atomic E-state index is 1.23. The van der Waals surface area contributed by atoms with Crippen LogP contribution in [0, 0.1) is 0 Å². The molecule has 0 aromatic heterocycles. The van der Waals surface area contributed by atoms with E-state index in [1.165, 1.54) is 140 Å². The van der Waals surface area contributed by atoms with Gasteiger partial charge in [-0.25, -0.2) is 0 Å². The highest BCUT2D eigenvalue weighted by Crippen LogP contribution is 2.19. The van der Waals surface area contributed by atoms with Gasteiger partial charge in [0.05, 0.1) is 0 Å². The summed E-state index contributed by atoms with van der Waals surface area (Å²) < 4.78 is 0. The van der Waals surface area contributed by atoms with Crippen molar-refractivity contribution in [3.05, 3.63) is 23.5 Å². The average Bonchev–Trinajstić information content (AvgIpc) is 3.08. The number of hydrogen-bond acceptors (Lipinski definition) is 0. The SMILES string of the molecule is CCCCCCCCCCCCCCCCCCCCCC1=C(C)[N]C=C1. The maximum atomic E-state index is 4.32. The quantitative estimate of drug-likeness (QED) is 0.188. The summed E-state index contributed by atoms with van der Waals surface area (Å²) in [5, 5.41) is 4.32. The number of unbranched alkanes of at least 4 members (excludes halogenated alkanes) is 18. The second-order valence-electron chi connectivity index (χ2n) is 8.67. The first-order valence-corrected chi connectivity index (χ1v) is 12.4. The van der Waals surface area contributed by atoms with Gasteiger partial charge in [-0.1, -0.05) is 122 Å². The van der Waals surface area contributed by atoms with Crippen LogP contribution >= 0.6 is 0 Å². The summed E-state index contributed by atoms with van der Waals surface area (Å²) in [6.45, 7) is 4.43. The Morgan fingerprint density at radius 2 is 0.926 bits per heavy atom. The second kappa shape index (κ2) is 18.6. The lowest BCUT2D eigenvalue weighted by atomic mass is 10.0. The van der Waals surface area contributed by atoms with Crippen LogP contribution in [-0.2, 0) is 0 Å². The van der Waals surface area contributed by atoms with E-state index < -0.39 is 0 Å². The van der Waals surface area contributed by atoms with E-state index in [1.54, 1.807) is 0 Å². The maximum absolute atomic E-state index is 4.32. The molecule has 0 unspecified atom stereocenters. The predicted octanol–water partition coefficient (Wildman–Crippen LogP) is 9.21. The van der Waals surface area contributed by atoms with E-state index in [0.29, 0.717) is 0 Å². The molecule has 0 aliphatic carbocycles. The zero-order chi connectivity index (χ0) is 19.4. The van der Waals surface area contributed by atoms with Crippen LogP contribution in [-0.4, -0.2) is 0 Å². The van der Waals surface area contributed by atoms with Crippen LogP contribution in [0.15, 0.2) is 23.5 Å². The minimum absolute atomic E-state index is 1.23. The molecular weight excluding hydrogens is 326 g/mol. The van der Waals surface area contributed by atoms with Crippen LogP contribution in [0.25, 0.3) is 0 Å². The first-order chi connectivity index (χ1) is 13.3. The highest BCUT2D eigenvalue weighted by atomic mass is 14.9. The van der Waals surface area contributed by atoms with Gasteiger partial charge in [-0.3, -0.25) is 5.32 Å². The standard InChI is InChI=1S/C26H48N/c1-3-4-5-6-7-8-9-10-11-12-13-14-15-16-17-18-19-20-21-22-26-23-24-27-25(26)2/h23-24H,3-22H2,1-2H3. The van der Waals surface area contributed by atoms with E-state index in [9.17, 15) is 0 Å². The third-order valence-electron chi connectivity index (χ3n) is 6.06. The Balaban J connectivity index is 1.68. The molecule has 0 amide bonds. The summed E-state index contributed by atoms with van der Waals surface area (Å²) in [5.41, 5.74) is 2.69. The Morgan fingerprint density at radius 1 is 0.556 bits per heavy atom. The van der Waals surface area contributed by atoms with Gasteiger partial charge >= 0.3 is 0 Å². The van der Waals surface area contributed by atoms with Gasteiger partial charge in [-0.2, -0.15) is 0 Å². The highest BCUT2D eigenvalue weighted by Gasteiger charge is 2.04. The van der Waals surface area contributed by atoms with Crippen LogP contribution in [0.4, 0.5) is 0 Å². The van der Waals surface area contributed by atoms with Crippen LogP contribution < -0.4 is 5.32 Å². The van der Waals surface area contributed by atoms with E-state index >= 15 is 0 Å². The van der Waals surface area contributed by atoms with Crippen molar-refractivity contribution in [3.8, 4) is 0 Å². The highest BCUT2D eigenvalue weighted by molar-refractivity contribution is 5.29. The molecule has 0 spiro atoms.